The van der Waals surface area contributed by atoms with Gasteiger partial charge >= 0.3 is 0 Å². The van der Waals surface area contributed by atoms with Crippen LogP contribution >= 0.6 is 0 Å². The highest BCUT2D eigenvalue weighted by molar-refractivity contribution is 7.89. The van der Waals surface area contributed by atoms with Crippen LogP contribution in [-0.4, -0.2) is 14.5 Å². The molecule has 17 heavy (non-hydrogen) atoms. The number of sulfonamides is 1. The number of benzene rings is 1. The molecule has 0 amide bonds. The molecule has 5 heteroatoms. The molecule has 4 nitrogen and oxygen atoms in total. The van der Waals surface area contributed by atoms with Crippen LogP contribution in [0.1, 0.15) is 32.1 Å². The summed E-state index contributed by atoms with van der Waals surface area (Å²) in [6.07, 6.45) is 5.53. The Balaban J connectivity index is 2.20. The van der Waals surface area contributed by atoms with Gasteiger partial charge in [0, 0.05) is 0 Å². The summed E-state index contributed by atoms with van der Waals surface area (Å²) in [6.45, 7) is 0. The Labute approximate surface area is 102 Å². The van der Waals surface area contributed by atoms with E-state index in [2.05, 4.69) is 6.07 Å². The molecule has 1 fully saturated rings. The third-order valence-electron chi connectivity index (χ3n) is 2.94. The maximum absolute atomic E-state index is 11.4. The zero-order valence-electron chi connectivity index (χ0n) is 9.56. The molecule has 2 rings (SSSR count). The number of ether oxygens (including phenoxy) is 1. The highest BCUT2D eigenvalue weighted by Gasteiger charge is 2.19. The van der Waals surface area contributed by atoms with Crippen molar-refractivity contribution < 1.29 is 13.2 Å². The average molecular weight is 254 g/mol. The molecule has 0 aromatic heterocycles. The van der Waals surface area contributed by atoms with Gasteiger partial charge in [0.2, 0.25) is 10.0 Å². The van der Waals surface area contributed by atoms with Gasteiger partial charge in [0.05, 0.1) is 6.10 Å². The highest BCUT2D eigenvalue weighted by Crippen LogP contribution is 2.27. The number of primary sulfonamides is 1. The van der Waals surface area contributed by atoms with E-state index < -0.39 is 10.0 Å². The van der Waals surface area contributed by atoms with Crippen molar-refractivity contribution in [3.63, 3.8) is 0 Å². The highest BCUT2D eigenvalue weighted by atomic mass is 32.2. The first-order chi connectivity index (χ1) is 8.07. The summed E-state index contributed by atoms with van der Waals surface area (Å²) >= 11 is 0. The zero-order valence-corrected chi connectivity index (χ0v) is 10.4. The maximum atomic E-state index is 11.4. The fourth-order valence-corrected chi connectivity index (χ4v) is 2.74. The molecule has 0 heterocycles. The van der Waals surface area contributed by atoms with Gasteiger partial charge in [0.15, 0.2) is 0 Å². The number of hydrogen-bond acceptors (Lipinski definition) is 3. The predicted molar refractivity (Wildman–Crippen MR) is 64.2 cm³/mol. The lowest BCUT2D eigenvalue weighted by Crippen LogP contribution is -2.22. The van der Waals surface area contributed by atoms with E-state index in [1.54, 1.807) is 0 Å². The molecule has 2 N–H and O–H groups in total. The van der Waals surface area contributed by atoms with E-state index in [1.165, 1.54) is 24.6 Å². The van der Waals surface area contributed by atoms with Crippen LogP contribution in [-0.2, 0) is 10.0 Å². The van der Waals surface area contributed by atoms with Crippen LogP contribution in [0.2, 0.25) is 0 Å². The summed E-state index contributed by atoms with van der Waals surface area (Å²) < 4.78 is 28.5. The van der Waals surface area contributed by atoms with Gasteiger partial charge in [-0.05, 0) is 43.9 Å². The van der Waals surface area contributed by atoms with Crippen LogP contribution in [0.5, 0.6) is 5.75 Å². The van der Waals surface area contributed by atoms with Crippen molar-refractivity contribution in [3.05, 3.63) is 24.3 Å². The number of nitrogens with two attached hydrogens (primary N) is 1. The molecule has 0 unspecified atom stereocenters. The molecule has 0 saturated heterocycles. The second-order valence-electron chi connectivity index (χ2n) is 4.30. The largest absolute Gasteiger partial charge is 0.489 e. The standard InChI is InChI=1S/C12H16NO3S/c13-17(14,15)12-9-5-4-8-11(12)16-10-6-2-1-3-7-10/h5,8-10H,1-3,6-7H2,(H2,13,14,15). The molecule has 1 radical (unpaired) electrons. The van der Waals surface area contributed by atoms with E-state index in [1.807, 2.05) is 0 Å². The van der Waals surface area contributed by atoms with Gasteiger partial charge < -0.3 is 4.74 Å². The van der Waals surface area contributed by atoms with Crippen molar-refractivity contribution in [2.24, 2.45) is 5.14 Å². The minimum atomic E-state index is -3.73. The van der Waals surface area contributed by atoms with Crippen molar-refractivity contribution in [2.75, 3.05) is 0 Å². The molecule has 0 spiro atoms. The van der Waals surface area contributed by atoms with E-state index in [0.717, 1.165) is 25.7 Å². The number of hydrogen-bond donors (Lipinski definition) is 1. The zero-order chi connectivity index (χ0) is 12.3. The molecule has 1 saturated carbocycles. The van der Waals surface area contributed by atoms with Gasteiger partial charge in [-0.25, -0.2) is 13.6 Å². The molecule has 1 aromatic rings. The minimum Gasteiger partial charge on any atom is -0.489 e. The molecule has 1 aliphatic rings. The Kier molecular flexibility index (Phi) is 3.69. The lowest BCUT2D eigenvalue weighted by atomic mass is 9.98. The van der Waals surface area contributed by atoms with Crippen LogP contribution in [0.25, 0.3) is 0 Å². The lowest BCUT2D eigenvalue weighted by molar-refractivity contribution is 0.151. The first kappa shape index (κ1) is 12.4. The van der Waals surface area contributed by atoms with Crippen molar-refractivity contribution in [2.45, 2.75) is 43.1 Å². The number of rotatable bonds is 3. The van der Waals surface area contributed by atoms with Crippen molar-refractivity contribution in [3.8, 4) is 5.75 Å². The van der Waals surface area contributed by atoms with Crippen LogP contribution < -0.4 is 9.88 Å². The second-order valence-corrected chi connectivity index (χ2v) is 5.83. The summed E-state index contributed by atoms with van der Waals surface area (Å²) in [6, 6.07) is 7.30. The minimum absolute atomic E-state index is 0.0434. The van der Waals surface area contributed by atoms with E-state index in [4.69, 9.17) is 9.88 Å². The summed E-state index contributed by atoms with van der Waals surface area (Å²) in [7, 11) is -3.73. The van der Waals surface area contributed by atoms with Crippen LogP contribution in [0.3, 0.4) is 0 Å². The Bertz CT molecular complexity index is 478. The molecule has 1 aliphatic carbocycles. The Morgan fingerprint density at radius 3 is 2.65 bits per heavy atom. The summed E-state index contributed by atoms with van der Waals surface area (Å²) in [4.78, 5) is 0.0434. The van der Waals surface area contributed by atoms with Gasteiger partial charge in [-0.2, -0.15) is 0 Å². The molecular weight excluding hydrogens is 238 g/mol. The maximum Gasteiger partial charge on any atom is 0.241 e. The summed E-state index contributed by atoms with van der Waals surface area (Å²) in [5.41, 5.74) is 0. The average Bonchev–Trinajstić information content (AvgIpc) is 2.30. The van der Waals surface area contributed by atoms with Gasteiger partial charge in [-0.1, -0.05) is 12.5 Å². The smallest absolute Gasteiger partial charge is 0.241 e. The fourth-order valence-electron chi connectivity index (χ4n) is 2.09. The van der Waals surface area contributed by atoms with E-state index in [0.29, 0.717) is 5.75 Å². The lowest BCUT2D eigenvalue weighted by Gasteiger charge is -2.23. The summed E-state index contributed by atoms with van der Waals surface area (Å²) in [5.74, 6) is 0.321. The third kappa shape index (κ3) is 3.20. The Morgan fingerprint density at radius 2 is 2.00 bits per heavy atom. The third-order valence-corrected chi connectivity index (χ3v) is 3.89. The quantitative estimate of drug-likeness (QED) is 0.894. The van der Waals surface area contributed by atoms with Gasteiger partial charge in [0.1, 0.15) is 10.6 Å². The van der Waals surface area contributed by atoms with Gasteiger partial charge in [-0.15, -0.1) is 0 Å². The first-order valence-corrected chi connectivity index (χ1v) is 7.31. The van der Waals surface area contributed by atoms with E-state index >= 15 is 0 Å². The van der Waals surface area contributed by atoms with E-state index in [9.17, 15) is 8.42 Å². The molecular formula is C12H16NO3S. The first-order valence-electron chi connectivity index (χ1n) is 5.77. The second kappa shape index (κ2) is 5.06. The normalized spacial score (nSPS) is 17.9. The van der Waals surface area contributed by atoms with Crippen LogP contribution in [0.4, 0.5) is 0 Å². The molecule has 0 bridgehead atoms. The SMILES string of the molecule is NS(=O)(=O)c1cc[c]cc1OC1CCCCC1. The Morgan fingerprint density at radius 1 is 1.29 bits per heavy atom. The summed E-state index contributed by atoms with van der Waals surface area (Å²) in [5, 5.41) is 5.14. The monoisotopic (exact) mass is 254 g/mol. The molecule has 0 atom stereocenters. The van der Waals surface area contributed by atoms with Gasteiger partial charge in [0.25, 0.3) is 0 Å². The van der Waals surface area contributed by atoms with Crippen LogP contribution in [0.15, 0.2) is 23.1 Å². The van der Waals surface area contributed by atoms with Crippen LogP contribution in [0, 0.1) is 6.07 Å². The molecule has 1 aromatic carbocycles. The van der Waals surface area contributed by atoms with Crippen molar-refractivity contribution in [1.29, 1.82) is 0 Å². The van der Waals surface area contributed by atoms with Gasteiger partial charge in [-0.3, -0.25) is 0 Å². The molecule has 93 valence electrons. The predicted octanol–water partition coefficient (Wildman–Crippen LogP) is 1.85. The molecule has 0 aliphatic heterocycles. The topological polar surface area (TPSA) is 69.4 Å². The van der Waals surface area contributed by atoms with Crippen molar-refractivity contribution in [1.82, 2.24) is 0 Å². The Hall–Kier alpha value is -1.07. The van der Waals surface area contributed by atoms with E-state index in [-0.39, 0.29) is 11.0 Å². The fraction of sp³-hybridized carbons (Fsp3) is 0.500. The van der Waals surface area contributed by atoms with Crippen molar-refractivity contribution >= 4 is 10.0 Å².